The van der Waals surface area contributed by atoms with Gasteiger partial charge in [0.25, 0.3) is 0 Å². The predicted octanol–water partition coefficient (Wildman–Crippen LogP) is -3.33. The Morgan fingerprint density at radius 2 is 1.30 bits per heavy atom. The van der Waals surface area contributed by atoms with Crippen LogP contribution in [0.3, 0.4) is 0 Å². The van der Waals surface area contributed by atoms with Gasteiger partial charge in [-0.1, -0.05) is 20.8 Å². The topological polar surface area (TPSA) is 363 Å². The zero-order valence-electron chi connectivity index (χ0n) is 41.9. The lowest BCUT2D eigenvalue weighted by molar-refractivity contribution is -0.361. The second-order valence-electron chi connectivity index (χ2n) is 23.3. The van der Waals surface area contributed by atoms with Crippen LogP contribution in [-0.2, 0) is 47.4 Å². The molecule has 0 bridgehead atoms. The van der Waals surface area contributed by atoms with E-state index in [4.69, 9.17) is 42.6 Å². The molecule has 29 atom stereocenters. The van der Waals surface area contributed by atoms with Gasteiger partial charge in [0.15, 0.2) is 25.2 Å². The lowest BCUT2D eigenvalue weighted by Gasteiger charge is -2.60. The Bertz CT molecular complexity index is 1930. The minimum absolute atomic E-state index is 0.101. The monoisotopic (exact) mass is 1050 g/mol. The summed E-state index contributed by atoms with van der Waals surface area (Å²) in [6, 6.07) is 0. The second kappa shape index (κ2) is 22.2. The molecular formula is C50H80O23. The molecular weight excluding hydrogens is 969 g/mol. The number of hydrogen-bond donors (Lipinski definition) is 13. The standard InChI is InChI=1S/C50H80O23/c1-19(15-65-46-41(63)37(59)36(58)31(14-52)71-46)9-21(13-51)43-20(2)33-30(70-43)12-25-23-11-27(53)26-10-22(5-7-49(26,3)24(23)6-8-50(25,33)4)69-48-42(64)38(60)44(73-47-40(62)35(57)29(55)17-67-47)32(72-48)18-68-45-39(61)34(56)28(54)16-66-45/h19,21-26,28-42,44-48,51-52,54-64H,5-18H2,1-4H3/t19-,21-,22+,23-,24+,25+,26-,28+,29+,30+,31-,32-,33+,34+,35+,36-,37+,38+,39+,40+,41-,42+,44-,45+,46-,47+,48-,49-,50+/m1/s1. The number of ketones is 1. The highest BCUT2D eigenvalue weighted by atomic mass is 16.8. The van der Waals surface area contributed by atoms with Crippen molar-refractivity contribution < 1.29 is 114 Å². The highest BCUT2D eigenvalue weighted by Crippen LogP contribution is 2.69. The van der Waals surface area contributed by atoms with Gasteiger partial charge in [-0.25, -0.2) is 0 Å². The van der Waals surface area contributed by atoms with Crippen LogP contribution in [0.2, 0.25) is 0 Å². The van der Waals surface area contributed by atoms with Gasteiger partial charge in [-0.2, -0.15) is 0 Å². The molecule has 9 rings (SSSR count). The summed E-state index contributed by atoms with van der Waals surface area (Å²) >= 11 is 0. The summed E-state index contributed by atoms with van der Waals surface area (Å²) in [6.45, 7) is 6.71. The van der Waals surface area contributed by atoms with Crippen molar-refractivity contribution >= 4 is 5.78 Å². The van der Waals surface area contributed by atoms with Gasteiger partial charge in [0.1, 0.15) is 103 Å². The molecule has 0 radical (unpaired) electrons. The van der Waals surface area contributed by atoms with Gasteiger partial charge >= 0.3 is 0 Å². The number of hydrogen-bond acceptors (Lipinski definition) is 23. The van der Waals surface area contributed by atoms with Crippen molar-refractivity contribution in [3.63, 3.8) is 0 Å². The summed E-state index contributed by atoms with van der Waals surface area (Å²) in [5.74, 6) is 0.816. The first-order valence-corrected chi connectivity index (χ1v) is 26.3. The Morgan fingerprint density at radius 3 is 1.99 bits per heavy atom. The van der Waals surface area contributed by atoms with Crippen LogP contribution < -0.4 is 0 Å². The van der Waals surface area contributed by atoms with Crippen LogP contribution in [0.15, 0.2) is 11.3 Å². The molecule has 0 amide bonds. The average molecular weight is 1050 g/mol. The van der Waals surface area contributed by atoms with Crippen molar-refractivity contribution in [1.29, 1.82) is 0 Å². The molecule has 5 aliphatic heterocycles. The minimum atomic E-state index is -1.76. The molecule has 4 saturated heterocycles. The first-order chi connectivity index (χ1) is 34.6. The summed E-state index contributed by atoms with van der Waals surface area (Å²) in [5, 5.41) is 136. The Balaban J connectivity index is 0.832. The average Bonchev–Trinajstić information content (AvgIpc) is 3.86. The van der Waals surface area contributed by atoms with Crippen LogP contribution in [0.4, 0.5) is 0 Å². The van der Waals surface area contributed by atoms with Crippen molar-refractivity contribution in [2.45, 2.75) is 202 Å². The SMILES string of the molecule is CC1=C([C@@H](CO)C[C@@H](C)CO[C@@H]2O[C@H](CO)[C@@H](O)[C@H](O)[C@H]2O)O[C@H]2C[C@H]3[C@@H]4CC(=O)[C@H]5C[C@@H](O[C@@H]6O[C@H](CO[C@@H]7OC[C@H](O)[C@H](O)[C@@H]7O)[C@@H](O[C@@H]7OC[C@H](O)[C@H](O)[C@@H]7O)[C@@H](O)[C@@H]6O)CC[C@]5(C)[C@H]4CC[C@]3(C)[C@@H]12. The van der Waals surface area contributed by atoms with Gasteiger partial charge < -0.3 is 109 Å². The van der Waals surface area contributed by atoms with Crippen LogP contribution in [-0.4, -0.2) is 235 Å². The maximum Gasteiger partial charge on any atom is 0.186 e. The van der Waals surface area contributed by atoms with E-state index in [0.717, 1.165) is 30.6 Å². The smallest absolute Gasteiger partial charge is 0.186 e. The molecule has 23 nitrogen and oxygen atoms in total. The summed E-state index contributed by atoms with van der Waals surface area (Å²) in [5.41, 5.74) is 0.616. The Hall–Kier alpha value is -1.63. The van der Waals surface area contributed by atoms with Crippen LogP contribution in [0.25, 0.3) is 0 Å². The first-order valence-electron chi connectivity index (χ1n) is 26.3. The molecule has 5 heterocycles. The fraction of sp³-hybridized carbons (Fsp3) is 0.940. The predicted molar refractivity (Wildman–Crippen MR) is 245 cm³/mol. The number of ether oxygens (including phenoxy) is 9. The molecule has 4 saturated carbocycles. The Morgan fingerprint density at radius 1 is 0.671 bits per heavy atom. The number of carbonyl (C=O) groups excluding carboxylic acids is 1. The van der Waals surface area contributed by atoms with Crippen molar-refractivity contribution in [3.05, 3.63) is 11.3 Å². The minimum Gasteiger partial charge on any atom is -0.494 e. The third kappa shape index (κ3) is 10.3. The van der Waals surface area contributed by atoms with Gasteiger partial charge in [-0.15, -0.1) is 0 Å². The number of fused-ring (bicyclic) bond motifs is 7. The molecule has 0 aromatic carbocycles. The highest BCUT2D eigenvalue weighted by Gasteiger charge is 2.66. The molecule has 13 N–H and O–H groups in total. The zero-order chi connectivity index (χ0) is 52.6. The summed E-state index contributed by atoms with van der Waals surface area (Å²) in [7, 11) is 0. The van der Waals surface area contributed by atoms with Gasteiger partial charge in [-0.3, -0.25) is 4.79 Å². The zero-order valence-corrected chi connectivity index (χ0v) is 41.9. The van der Waals surface area contributed by atoms with Crippen molar-refractivity contribution in [2.24, 2.45) is 52.3 Å². The van der Waals surface area contributed by atoms with Crippen LogP contribution in [0.5, 0.6) is 0 Å². The molecule has 23 heteroatoms. The highest BCUT2D eigenvalue weighted by molar-refractivity contribution is 5.83. The lowest BCUT2D eigenvalue weighted by Crippen LogP contribution is -2.64. The molecule has 8 fully saturated rings. The van der Waals surface area contributed by atoms with E-state index in [2.05, 4.69) is 20.8 Å². The maximum absolute atomic E-state index is 14.5. The Kier molecular flexibility index (Phi) is 17.1. The molecule has 418 valence electrons. The van der Waals surface area contributed by atoms with E-state index in [1.807, 2.05) is 6.92 Å². The molecule has 0 spiro atoms. The number of aliphatic hydroxyl groups excluding tert-OH is 13. The fourth-order valence-corrected chi connectivity index (χ4v) is 14.8. The lowest BCUT2D eigenvalue weighted by atomic mass is 9.44. The Labute approximate surface area is 423 Å². The molecule has 0 unspecified atom stereocenters. The van der Waals surface area contributed by atoms with E-state index < -0.39 is 137 Å². The normalized spacial score (nSPS) is 51.9. The van der Waals surface area contributed by atoms with Crippen LogP contribution in [0.1, 0.15) is 79.1 Å². The van der Waals surface area contributed by atoms with E-state index in [0.29, 0.717) is 32.1 Å². The second-order valence-corrected chi connectivity index (χ2v) is 23.3. The largest absolute Gasteiger partial charge is 0.494 e. The summed E-state index contributed by atoms with van der Waals surface area (Å²) in [4.78, 5) is 14.5. The van der Waals surface area contributed by atoms with E-state index in [1.54, 1.807) is 0 Å². The first kappa shape index (κ1) is 56.1. The van der Waals surface area contributed by atoms with Gasteiger partial charge in [0.2, 0.25) is 0 Å². The van der Waals surface area contributed by atoms with E-state index in [9.17, 15) is 71.2 Å². The third-order valence-electron chi connectivity index (χ3n) is 18.8. The number of carbonyl (C=O) groups is 1. The molecule has 9 aliphatic rings. The van der Waals surface area contributed by atoms with Gasteiger partial charge in [-0.05, 0) is 91.9 Å². The van der Waals surface area contributed by atoms with Crippen molar-refractivity contribution in [1.82, 2.24) is 0 Å². The number of Topliss-reactive ketones (excluding diaryl/α,β-unsaturated/α-hetero) is 1. The maximum atomic E-state index is 14.5. The van der Waals surface area contributed by atoms with E-state index in [1.165, 1.54) is 0 Å². The number of aliphatic hydroxyl groups is 13. The summed E-state index contributed by atoms with van der Waals surface area (Å²) in [6.07, 6.45) is -22.7. The molecule has 0 aromatic rings. The fourth-order valence-electron chi connectivity index (χ4n) is 14.8. The molecule has 0 aromatic heterocycles. The third-order valence-corrected chi connectivity index (χ3v) is 18.8. The van der Waals surface area contributed by atoms with E-state index in [-0.39, 0.29) is 84.0 Å². The van der Waals surface area contributed by atoms with Gasteiger partial charge in [0, 0.05) is 24.2 Å². The molecule has 4 aliphatic carbocycles. The number of rotatable bonds is 15. The van der Waals surface area contributed by atoms with Crippen LogP contribution in [0, 0.1) is 52.3 Å². The summed E-state index contributed by atoms with van der Waals surface area (Å²) < 4.78 is 53.3. The quantitative estimate of drug-likeness (QED) is 0.0714. The van der Waals surface area contributed by atoms with Crippen molar-refractivity contribution in [3.8, 4) is 0 Å². The van der Waals surface area contributed by atoms with E-state index >= 15 is 0 Å². The van der Waals surface area contributed by atoms with Crippen molar-refractivity contribution in [2.75, 3.05) is 39.6 Å². The molecule has 73 heavy (non-hydrogen) atoms. The van der Waals surface area contributed by atoms with Crippen LogP contribution >= 0.6 is 0 Å². The van der Waals surface area contributed by atoms with Gasteiger partial charge in [0.05, 0.1) is 45.7 Å².